The number of amides is 1. The molecule has 8 heteroatoms. The van der Waals surface area contributed by atoms with Crippen molar-refractivity contribution in [3.8, 4) is 22.6 Å². The number of piperidine rings is 1. The van der Waals surface area contributed by atoms with Gasteiger partial charge in [-0.3, -0.25) is 15.6 Å². The fraction of sp³-hybridized carbons (Fsp3) is 0.296. The second-order valence-corrected chi connectivity index (χ2v) is 8.88. The molecule has 1 amide bonds. The van der Waals surface area contributed by atoms with Crippen LogP contribution in [0.15, 0.2) is 59.0 Å². The molecular formula is C27H32N6O2. The number of carbonyl (C=O) groups is 1. The SMILES string of the molecule is N=C(N)c1ccc(-c2cc(CC(=O)NCCN3CCCCC3)c(-c3ccc(C(=N)N)cc3)o2)cc1. The summed E-state index contributed by atoms with van der Waals surface area (Å²) in [5, 5.41) is 18.3. The minimum Gasteiger partial charge on any atom is -0.456 e. The first kappa shape index (κ1) is 24.2. The van der Waals surface area contributed by atoms with Gasteiger partial charge in [0.1, 0.15) is 23.2 Å². The van der Waals surface area contributed by atoms with Gasteiger partial charge in [-0.15, -0.1) is 0 Å². The molecule has 1 fully saturated rings. The maximum Gasteiger partial charge on any atom is 0.224 e. The van der Waals surface area contributed by atoms with E-state index in [1.165, 1.54) is 19.3 Å². The summed E-state index contributed by atoms with van der Waals surface area (Å²) in [7, 11) is 0. The average Bonchev–Trinajstić information content (AvgIpc) is 3.28. The van der Waals surface area contributed by atoms with E-state index in [9.17, 15) is 4.79 Å². The number of nitrogen functional groups attached to an aromatic ring is 2. The third-order valence-electron chi connectivity index (χ3n) is 6.30. The summed E-state index contributed by atoms with van der Waals surface area (Å²) < 4.78 is 6.23. The molecule has 0 unspecified atom stereocenters. The number of likely N-dealkylation sites (tertiary alicyclic amines) is 1. The Bertz CT molecular complexity index is 1190. The first-order chi connectivity index (χ1) is 16.9. The zero-order chi connectivity index (χ0) is 24.8. The zero-order valence-corrected chi connectivity index (χ0v) is 19.8. The van der Waals surface area contributed by atoms with E-state index < -0.39 is 0 Å². The van der Waals surface area contributed by atoms with Gasteiger partial charge in [-0.25, -0.2) is 0 Å². The molecule has 1 aliphatic rings. The molecular weight excluding hydrogens is 440 g/mol. The van der Waals surface area contributed by atoms with Gasteiger partial charge >= 0.3 is 0 Å². The van der Waals surface area contributed by atoms with E-state index >= 15 is 0 Å². The van der Waals surface area contributed by atoms with Crippen LogP contribution in [0.1, 0.15) is 36.0 Å². The molecule has 7 N–H and O–H groups in total. The Kier molecular flexibility index (Phi) is 7.62. The summed E-state index contributed by atoms with van der Waals surface area (Å²) in [6, 6.07) is 16.4. The molecule has 0 spiro atoms. The molecule has 35 heavy (non-hydrogen) atoms. The second-order valence-electron chi connectivity index (χ2n) is 8.88. The monoisotopic (exact) mass is 472 g/mol. The van der Waals surface area contributed by atoms with Crippen LogP contribution in [0.3, 0.4) is 0 Å². The van der Waals surface area contributed by atoms with Gasteiger partial charge in [0.2, 0.25) is 5.91 Å². The molecule has 0 saturated carbocycles. The summed E-state index contributed by atoms with van der Waals surface area (Å²) in [6.07, 6.45) is 3.94. The predicted octanol–water partition coefficient (Wildman–Crippen LogP) is 3.33. The minimum absolute atomic E-state index is 0.00385. The van der Waals surface area contributed by atoms with Crippen LogP contribution in [0.5, 0.6) is 0 Å². The lowest BCUT2D eigenvalue weighted by Crippen LogP contribution is -2.38. The van der Waals surface area contributed by atoms with Crippen molar-refractivity contribution in [1.82, 2.24) is 10.2 Å². The number of benzene rings is 2. The van der Waals surface area contributed by atoms with Crippen molar-refractivity contribution in [1.29, 1.82) is 10.8 Å². The Balaban J connectivity index is 1.54. The highest BCUT2D eigenvalue weighted by molar-refractivity contribution is 5.96. The molecule has 2 heterocycles. The number of furan rings is 1. The number of amidine groups is 2. The average molecular weight is 473 g/mol. The van der Waals surface area contributed by atoms with E-state index in [4.69, 9.17) is 26.7 Å². The van der Waals surface area contributed by atoms with Gasteiger partial charge in [-0.1, -0.05) is 55.0 Å². The van der Waals surface area contributed by atoms with Crippen molar-refractivity contribution in [3.63, 3.8) is 0 Å². The van der Waals surface area contributed by atoms with Crippen LogP contribution in [-0.4, -0.2) is 48.7 Å². The van der Waals surface area contributed by atoms with Gasteiger partial charge in [0.15, 0.2) is 0 Å². The van der Waals surface area contributed by atoms with Gasteiger partial charge in [0.05, 0.1) is 6.42 Å². The highest BCUT2D eigenvalue weighted by atomic mass is 16.3. The summed E-state index contributed by atoms with van der Waals surface area (Å²) in [6.45, 7) is 3.69. The van der Waals surface area contributed by atoms with Gasteiger partial charge in [0, 0.05) is 40.9 Å². The largest absolute Gasteiger partial charge is 0.456 e. The number of hydrogen-bond donors (Lipinski definition) is 5. The molecule has 3 aromatic rings. The minimum atomic E-state index is -0.0529. The van der Waals surface area contributed by atoms with Crippen LogP contribution in [-0.2, 0) is 11.2 Å². The second kappa shape index (κ2) is 11.0. The Labute approximate surface area is 205 Å². The number of hydrogen-bond acceptors (Lipinski definition) is 5. The molecule has 1 saturated heterocycles. The molecule has 1 aliphatic heterocycles. The van der Waals surface area contributed by atoms with Gasteiger partial charge < -0.3 is 26.1 Å². The summed E-state index contributed by atoms with van der Waals surface area (Å²) in [5.41, 5.74) is 14.8. The maximum absolute atomic E-state index is 12.8. The maximum atomic E-state index is 12.8. The topological polar surface area (TPSA) is 145 Å². The van der Waals surface area contributed by atoms with Crippen LogP contribution in [0.25, 0.3) is 22.6 Å². The van der Waals surface area contributed by atoms with E-state index in [0.717, 1.165) is 36.3 Å². The lowest BCUT2D eigenvalue weighted by Gasteiger charge is -2.26. The van der Waals surface area contributed by atoms with E-state index in [0.29, 0.717) is 29.2 Å². The lowest BCUT2D eigenvalue weighted by molar-refractivity contribution is -0.120. The first-order valence-electron chi connectivity index (χ1n) is 11.9. The Morgan fingerprint density at radius 3 is 2.03 bits per heavy atom. The molecule has 0 radical (unpaired) electrons. The Morgan fingerprint density at radius 2 is 1.46 bits per heavy atom. The Hall–Kier alpha value is -3.91. The van der Waals surface area contributed by atoms with Crippen molar-refractivity contribution in [2.24, 2.45) is 11.5 Å². The Morgan fingerprint density at radius 1 is 0.886 bits per heavy atom. The van der Waals surface area contributed by atoms with Crippen molar-refractivity contribution >= 4 is 17.6 Å². The van der Waals surface area contributed by atoms with Crippen LogP contribution in [0.4, 0.5) is 0 Å². The van der Waals surface area contributed by atoms with Crippen molar-refractivity contribution in [2.45, 2.75) is 25.7 Å². The van der Waals surface area contributed by atoms with Gasteiger partial charge in [0.25, 0.3) is 0 Å². The first-order valence-corrected chi connectivity index (χ1v) is 11.9. The third kappa shape index (κ3) is 6.16. The molecule has 2 aromatic carbocycles. The molecule has 4 rings (SSSR count). The normalized spacial score (nSPS) is 13.9. The molecule has 0 aliphatic carbocycles. The van der Waals surface area contributed by atoms with Gasteiger partial charge in [-0.2, -0.15) is 0 Å². The highest BCUT2D eigenvalue weighted by Gasteiger charge is 2.18. The smallest absolute Gasteiger partial charge is 0.224 e. The quantitative estimate of drug-likeness (QED) is 0.240. The molecule has 0 atom stereocenters. The van der Waals surface area contributed by atoms with Crippen LogP contribution in [0.2, 0.25) is 0 Å². The molecule has 1 aromatic heterocycles. The number of carbonyl (C=O) groups excluding carboxylic acids is 1. The van der Waals surface area contributed by atoms with E-state index in [-0.39, 0.29) is 24.0 Å². The van der Waals surface area contributed by atoms with Crippen LogP contribution in [0, 0.1) is 10.8 Å². The number of nitrogens with zero attached hydrogens (tertiary/aromatic N) is 1. The number of rotatable bonds is 9. The van der Waals surface area contributed by atoms with Crippen molar-refractivity contribution < 1.29 is 9.21 Å². The van der Waals surface area contributed by atoms with Crippen molar-refractivity contribution in [3.05, 3.63) is 71.3 Å². The molecule has 0 bridgehead atoms. The fourth-order valence-electron chi connectivity index (χ4n) is 4.33. The number of nitrogens with two attached hydrogens (primary N) is 2. The standard InChI is InChI=1S/C27H32N6O2/c28-26(29)20-8-4-18(5-9-20)23-16-22(17-24(34)32-12-15-33-13-2-1-3-14-33)25(35-23)19-6-10-21(11-7-19)27(30)31/h4-11,16H,1-3,12-15,17H2,(H3,28,29)(H3,30,31)(H,32,34). The summed E-state index contributed by atoms with van der Waals surface area (Å²) in [4.78, 5) is 15.2. The summed E-state index contributed by atoms with van der Waals surface area (Å²) >= 11 is 0. The third-order valence-corrected chi connectivity index (χ3v) is 6.30. The summed E-state index contributed by atoms with van der Waals surface area (Å²) in [5.74, 6) is 1.18. The van der Waals surface area contributed by atoms with Crippen LogP contribution >= 0.6 is 0 Å². The lowest BCUT2D eigenvalue weighted by atomic mass is 10.0. The molecule has 8 nitrogen and oxygen atoms in total. The van der Waals surface area contributed by atoms with E-state index in [1.54, 1.807) is 24.3 Å². The fourth-order valence-corrected chi connectivity index (χ4v) is 4.33. The predicted molar refractivity (Wildman–Crippen MR) is 139 cm³/mol. The molecule has 182 valence electrons. The zero-order valence-electron chi connectivity index (χ0n) is 19.8. The van der Waals surface area contributed by atoms with Crippen LogP contribution < -0.4 is 16.8 Å². The highest BCUT2D eigenvalue weighted by Crippen LogP contribution is 2.33. The van der Waals surface area contributed by atoms with Crippen molar-refractivity contribution in [2.75, 3.05) is 26.2 Å². The van der Waals surface area contributed by atoms with E-state index in [1.807, 2.05) is 30.3 Å². The van der Waals surface area contributed by atoms with E-state index in [2.05, 4.69) is 10.2 Å². The van der Waals surface area contributed by atoms with Gasteiger partial charge in [-0.05, 0) is 32.0 Å². The number of nitrogens with one attached hydrogen (secondary N) is 3.